The number of aliphatic hydroxyl groups is 1. The van der Waals surface area contributed by atoms with Crippen molar-refractivity contribution in [1.29, 1.82) is 0 Å². The molecule has 76 valence electrons. The average Bonchev–Trinajstić information content (AvgIpc) is 2.20. The summed E-state index contributed by atoms with van der Waals surface area (Å²) >= 11 is 6.83. The van der Waals surface area contributed by atoms with E-state index in [1.165, 1.54) is 0 Å². The lowest BCUT2D eigenvalue weighted by Crippen LogP contribution is -2.03. The van der Waals surface area contributed by atoms with Crippen LogP contribution in [0.25, 0.3) is 0 Å². The van der Waals surface area contributed by atoms with Crippen LogP contribution in [0.2, 0.25) is 5.02 Å². The molecule has 1 rings (SSSR count). The van der Waals surface area contributed by atoms with Gasteiger partial charge in [-0.2, -0.15) is 0 Å². The van der Waals surface area contributed by atoms with E-state index in [4.69, 9.17) is 16.7 Å². The number of carbonyl (C=O) groups is 1. The van der Waals surface area contributed by atoms with Gasteiger partial charge in [-0.25, -0.2) is 4.79 Å². The number of aliphatic hydroxyl groups excluding tert-OH is 1. The molecule has 0 radical (unpaired) electrons. The number of rotatable bonds is 4. The Hall–Kier alpha value is -0.710. The largest absolute Gasteiger partial charge is 0.389 e. The molecule has 0 spiro atoms. The van der Waals surface area contributed by atoms with E-state index in [0.29, 0.717) is 10.8 Å². The lowest BCUT2D eigenvalue weighted by molar-refractivity contribution is -0.136. The molecule has 0 fully saturated rings. The molecule has 0 bridgehead atoms. The van der Waals surface area contributed by atoms with E-state index in [9.17, 15) is 4.79 Å². The number of carbonyl (C=O) groups excluding carboxylic acids is 1. The van der Waals surface area contributed by atoms with Crippen molar-refractivity contribution in [2.45, 2.75) is 5.75 Å². The van der Waals surface area contributed by atoms with Crippen LogP contribution in [-0.4, -0.2) is 17.7 Å². The first-order chi connectivity index (χ1) is 6.74. The van der Waals surface area contributed by atoms with Crippen LogP contribution in [-0.2, 0) is 14.7 Å². The quantitative estimate of drug-likeness (QED) is 0.807. The molecule has 1 N–H and O–H groups in total. The van der Waals surface area contributed by atoms with Crippen LogP contribution in [0.15, 0.2) is 24.3 Å². The van der Waals surface area contributed by atoms with Gasteiger partial charge in [0.15, 0.2) is 0 Å². The van der Waals surface area contributed by atoms with Gasteiger partial charge in [-0.05, 0) is 11.6 Å². The average molecular weight is 233 g/mol. The Morgan fingerprint density at radius 3 is 2.86 bits per heavy atom. The van der Waals surface area contributed by atoms with Crippen LogP contribution in [0.1, 0.15) is 5.56 Å². The van der Waals surface area contributed by atoms with E-state index in [1.807, 2.05) is 18.2 Å². The molecular formula is C9H9ClO3S. The van der Waals surface area contributed by atoms with Gasteiger partial charge in [0.1, 0.15) is 6.61 Å². The molecule has 0 saturated heterocycles. The van der Waals surface area contributed by atoms with E-state index in [2.05, 4.69) is 4.18 Å². The molecule has 0 heterocycles. The van der Waals surface area contributed by atoms with Crippen molar-refractivity contribution in [2.24, 2.45) is 0 Å². The van der Waals surface area contributed by atoms with Crippen molar-refractivity contribution in [2.75, 3.05) is 6.61 Å². The Morgan fingerprint density at radius 1 is 1.50 bits per heavy atom. The zero-order valence-electron chi connectivity index (χ0n) is 7.27. The lowest BCUT2D eigenvalue weighted by atomic mass is 10.2. The first kappa shape index (κ1) is 11.4. The molecule has 0 aliphatic rings. The van der Waals surface area contributed by atoms with E-state index in [1.54, 1.807) is 6.07 Å². The highest BCUT2D eigenvalue weighted by atomic mass is 35.5. The smallest absolute Gasteiger partial charge is 0.343 e. The van der Waals surface area contributed by atoms with Crippen molar-refractivity contribution in [3.8, 4) is 0 Å². The van der Waals surface area contributed by atoms with Crippen molar-refractivity contribution >= 4 is 29.6 Å². The second-order valence-corrected chi connectivity index (χ2v) is 3.57. The highest BCUT2D eigenvalue weighted by molar-refractivity contribution is 7.94. The molecule has 1 aromatic carbocycles. The monoisotopic (exact) mass is 232 g/mol. The molecule has 3 nitrogen and oxygen atoms in total. The molecule has 14 heavy (non-hydrogen) atoms. The molecule has 1 aromatic rings. The van der Waals surface area contributed by atoms with Gasteiger partial charge in [-0.1, -0.05) is 29.8 Å². The van der Waals surface area contributed by atoms with Crippen molar-refractivity contribution < 1.29 is 14.1 Å². The van der Waals surface area contributed by atoms with Gasteiger partial charge in [0.25, 0.3) is 0 Å². The Kier molecular flexibility index (Phi) is 4.79. The third-order valence-corrected chi connectivity index (χ3v) is 2.55. The van der Waals surface area contributed by atoms with E-state index in [-0.39, 0.29) is 0 Å². The second-order valence-electron chi connectivity index (χ2n) is 2.47. The SMILES string of the molecule is O=C(CO)OSCc1ccccc1Cl. The minimum atomic E-state index is -0.651. The van der Waals surface area contributed by atoms with E-state index >= 15 is 0 Å². The van der Waals surface area contributed by atoms with Crippen LogP contribution in [0.4, 0.5) is 0 Å². The molecule has 0 aliphatic carbocycles. The molecule has 0 aliphatic heterocycles. The van der Waals surface area contributed by atoms with Gasteiger partial charge in [0.05, 0.1) is 17.8 Å². The Balaban J connectivity index is 2.39. The zero-order chi connectivity index (χ0) is 10.4. The van der Waals surface area contributed by atoms with Crippen LogP contribution < -0.4 is 0 Å². The standard InChI is InChI=1S/C9H9ClO3S/c10-8-4-2-1-3-7(8)6-14-13-9(12)5-11/h1-4,11H,5-6H2. The van der Waals surface area contributed by atoms with Gasteiger partial charge in [0.2, 0.25) is 0 Å². The fraction of sp³-hybridized carbons (Fsp3) is 0.222. The van der Waals surface area contributed by atoms with E-state index in [0.717, 1.165) is 17.6 Å². The van der Waals surface area contributed by atoms with Crippen LogP contribution in [0.5, 0.6) is 0 Å². The topological polar surface area (TPSA) is 46.5 Å². The van der Waals surface area contributed by atoms with Crippen molar-refractivity contribution in [3.63, 3.8) is 0 Å². The zero-order valence-corrected chi connectivity index (χ0v) is 8.85. The Labute approximate surface area is 91.2 Å². The summed E-state index contributed by atoms with van der Waals surface area (Å²) in [7, 11) is 0. The Morgan fingerprint density at radius 2 is 2.21 bits per heavy atom. The first-order valence-electron chi connectivity index (χ1n) is 3.90. The first-order valence-corrected chi connectivity index (χ1v) is 5.19. The van der Waals surface area contributed by atoms with E-state index < -0.39 is 12.6 Å². The summed E-state index contributed by atoms with van der Waals surface area (Å²) in [6.07, 6.45) is 0. The number of halogens is 1. The minimum absolute atomic E-state index is 0.478. The molecule has 0 atom stereocenters. The fourth-order valence-electron chi connectivity index (χ4n) is 0.800. The second kappa shape index (κ2) is 5.90. The third-order valence-electron chi connectivity index (χ3n) is 1.45. The molecule has 0 saturated carbocycles. The molecule has 5 heteroatoms. The van der Waals surface area contributed by atoms with Gasteiger partial charge in [0, 0.05) is 5.02 Å². The number of hydrogen-bond acceptors (Lipinski definition) is 4. The summed E-state index contributed by atoms with van der Waals surface area (Å²) in [5.74, 6) is -0.173. The number of hydrogen-bond donors (Lipinski definition) is 1. The molecule has 0 aromatic heterocycles. The predicted molar refractivity (Wildman–Crippen MR) is 55.9 cm³/mol. The lowest BCUT2D eigenvalue weighted by Gasteiger charge is -2.02. The van der Waals surface area contributed by atoms with Gasteiger partial charge >= 0.3 is 5.97 Å². The van der Waals surface area contributed by atoms with Crippen molar-refractivity contribution in [1.82, 2.24) is 0 Å². The van der Waals surface area contributed by atoms with Gasteiger partial charge < -0.3 is 9.29 Å². The van der Waals surface area contributed by atoms with Crippen LogP contribution in [0, 0.1) is 0 Å². The molecule has 0 unspecified atom stereocenters. The summed E-state index contributed by atoms with van der Waals surface area (Å²) in [6.45, 7) is -0.602. The highest BCUT2D eigenvalue weighted by Gasteiger charge is 2.03. The van der Waals surface area contributed by atoms with Gasteiger partial charge in [-0.15, -0.1) is 0 Å². The predicted octanol–water partition coefficient (Wildman–Crippen LogP) is 2.02. The minimum Gasteiger partial charge on any atom is -0.389 e. The normalized spacial score (nSPS) is 9.86. The molecular weight excluding hydrogens is 224 g/mol. The fourth-order valence-corrected chi connectivity index (χ4v) is 1.70. The van der Waals surface area contributed by atoms with Crippen LogP contribution in [0.3, 0.4) is 0 Å². The summed E-state index contributed by atoms with van der Waals surface area (Å²) in [4.78, 5) is 10.6. The summed E-state index contributed by atoms with van der Waals surface area (Å²) in [5, 5.41) is 9.01. The summed E-state index contributed by atoms with van der Waals surface area (Å²) < 4.78 is 4.62. The maximum absolute atomic E-state index is 10.6. The highest BCUT2D eigenvalue weighted by Crippen LogP contribution is 2.21. The molecule has 0 amide bonds. The van der Waals surface area contributed by atoms with Crippen molar-refractivity contribution in [3.05, 3.63) is 34.9 Å². The van der Waals surface area contributed by atoms with Crippen LogP contribution >= 0.6 is 23.6 Å². The summed E-state index contributed by atoms with van der Waals surface area (Å²) in [5.41, 5.74) is 0.893. The Bertz CT molecular complexity index is 317. The van der Waals surface area contributed by atoms with Gasteiger partial charge in [-0.3, -0.25) is 0 Å². The maximum atomic E-state index is 10.6. The summed E-state index contributed by atoms with van der Waals surface area (Å²) in [6, 6.07) is 7.30. The third kappa shape index (κ3) is 3.57. The number of benzene rings is 1. The maximum Gasteiger partial charge on any atom is 0.343 e.